The molecule has 0 amide bonds. The van der Waals surface area contributed by atoms with E-state index in [0.717, 1.165) is 47.4 Å². The minimum Gasteiger partial charge on any atom is -0.324 e. The summed E-state index contributed by atoms with van der Waals surface area (Å²) >= 11 is 0. The van der Waals surface area contributed by atoms with E-state index in [4.69, 9.17) is 11.4 Å². The zero-order chi connectivity index (χ0) is 15.5. The van der Waals surface area contributed by atoms with Gasteiger partial charge in [-0.05, 0) is 48.9 Å². The zero-order valence-corrected chi connectivity index (χ0v) is 12.5. The normalized spacial score (nSPS) is 10.8. The fraction of sp³-hybridized carbons (Fsp3) is 0.211. The number of benzene rings is 2. The smallest absolute Gasteiger partial charge is 0.141 e. The number of rotatable bonds is 4. The maximum atomic E-state index is 13.2. The topological polar surface area (TPSA) is 17.8 Å². The highest BCUT2D eigenvalue weighted by Crippen LogP contribution is 2.26. The van der Waals surface area contributed by atoms with E-state index in [1.54, 1.807) is 12.1 Å². The molecule has 0 fully saturated rings. The second-order valence-corrected chi connectivity index (χ2v) is 5.30. The molecule has 0 saturated carbocycles. The first-order valence-electron chi connectivity index (χ1n) is 7.45. The number of nitrogens with zero attached hydrogens (tertiary/aromatic N) is 2. The van der Waals surface area contributed by atoms with Gasteiger partial charge in [0.05, 0.1) is 11.0 Å². The lowest BCUT2D eigenvalue weighted by Gasteiger charge is -2.08. The number of halogens is 1. The first-order valence-corrected chi connectivity index (χ1v) is 7.45. The average molecular weight is 292 g/mol. The molecule has 0 spiro atoms. The number of aryl methyl sites for hydroxylation is 1. The summed E-state index contributed by atoms with van der Waals surface area (Å²) in [6.07, 6.45) is 7.64. The summed E-state index contributed by atoms with van der Waals surface area (Å²) in [7, 11) is 0. The van der Waals surface area contributed by atoms with Crippen molar-refractivity contribution in [3.05, 3.63) is 53.8 Å². The van der Waals surface area contributed by atoms with E-state index in [-0.39, 0.29) is 5.82 Å². The molecule has 0 unspecified atom stereocenters. The Bertz CT molecular complexity index is 838. The van der Waals surface area contributed by atoms with Gasteiger partial charge >= 0.3 is 0 Å². The van der Waals surface area contributed by atoms with Crippen LogP contribution in [0.1, 0.15) is 25.3 Å². The van der Waals surface area contributed by atoms with Crippen molar-refractivity contribution >= 4 is 11.0 Å². The molecular formula is C19H17FN2. The van der Waals surface area contributed by atoms with Crippen molar-refractivity contribution in [1.29, 1.82) is 0 Å². The van der Waals surface area contributed by atoms with Gasteiger partial charge in [-0.2, -0.15) is 0 Å². The fourth-order valence-corrected chi connectivity index (χ4v) is 2.58. The average Bonchev–Trinajstić information content (AvgIpc) is 2.91. The summed E-state index contributed by atoms with van der Waals surface area (Å²) in [6.45, 7) is 3.04. The molecule has 2 nitrogen and oxygen atoms in total. The van der Waals surface area contributed by atoms with Crippen LogP contribution < -0.4 is 0 Å². The Hall–Kier alpha value is -2.60. The lowest BCUT2D eigenvalue weighted by molar-refractivity contribution is 0.627. The lowest BCUT2D eigenvalue weighted by atomic mass is 10.2. The Kier molecular flexibility index (Phi) is 3.93. The Morgan fingerprint density at radius 2 is 1.95 bits per heavy atom. The van der Waals surface area contributed by atoms with E-state index in [0.29, 0.717) is 0 Å². The van der Waals surface area contributed by atoms with Crippen LogP contribution in [-0.2, 0) is 6.54 Å². The summed E-state index contributed by atoms with van der Waals surface area (Å²) in [6, 6.07) is 12.3. The van der Waals surface area contributed by atoms with Gasteiger partial charge < -0.3 is 4.57 Å². The summed E-state index contributed by atoms with van der Waals surface area (Å²) in [4.78, 5) is 4.72. The highest BCUT2D eigenvalue weighted by molar-refractivity contribution is 5.82. The van der Waals surface area contributed by atoms with Crippen LogP contribution >= 0.6 is 0 Å². The van der Waals surface area contributed by atoms with Crippen molar-refractivity contribution in [2.45, 2.75) is 26.3 Å². The number of hydrogen-bond acceptors (Lipinski definition) is 1. The lowest BCUT2D eigenvalue weighted by Crippen LogP contribution is -2.00. The number of aromatic nitrogens is 2. The third kappa shape index (κ3) is 2.60. The van der Waals surface area contributed by atoms with Crippen LogP contribution in [0.3, 0.4) is 0 Å². The Balaban J connectivity index is 2.18. The third-order valence-electron chi connectivity index (χ3n) is 3.75. The van der Waals surface area contributed by atoms with Crippen LogP contribution in [0.4, 0.5) is 4.39 Å². The highest BCUT2D eigenvalue weighted by Gasteiger charge is 2.12. The molecule has 0 bridgehead atoms. The van der Waals surface area contributed by atoms with E-state index in [1.165, 1.54) is 12.1 Å². The van der Waals surface area contributed by atoms with E-state index >= 15 is 0 Å². The molecule has 3 aromatic rings. The molecule has 2 aromatic carbocycles. The molecular weight excluding hydrogens is 275 g/mol. The van der Waals surface area contributed by atoms with Gasteiger partial charge in [0, 0.05) is 17.7 Å². The molecule has 0 N–H and O–H groups in total. The van der Waals surface area contributed by atoms with Crippen molar-refractivity contribution in [1.82, 2.24) is 9.55 Å². The van der Waals surface area contributed by atoms with Crippen molar-refractivity contribution in [3.63, 3.8) is 0 Å². The van der Waals surface area contributed by atoms with Crippen LogP contribution in [0.15, 0.2) is 42.5 Å². The van der Waals surface area contributed by atoms with Gasteiger partial charge in [0.25, 0.3) is 0 Å². The second-order valence-electron chi connectivity index (χ2n) is 5.30. The zero-order valence-electron chi connectivity index (χ0n) is 12.5. The van der Waals surface area contributed by atoms with Crippen LogP contribution in [0.5, 0.6) is 0 Å². The molecule has 0 aliphatic carbocycles. The first kappa shape index (κ1) is 14.3. The molecule has 1 heterocycles. The Morgan fingerprint density at radius 1 is 1.18 bits per heavy atom. The van der Waals surface area contributed by atoms with Gasteiger partial charge in [-0.25, -0.2) is 9.37 Å². The maximum absolute atomic E-state index is 13.2. The number of hydrogen-bond donors (Lipinski definition) is 0. The molecule has 22 heavy (non-hydrogen) atoms. The molecule has 1 aromatic heterocycles. The van der Waals surface area contributed by atoms with E-state index in [2.05, 4.69) is 17.4 Å². The second kappa shape index (κ2) is 6.03. The molecule has 0 aliphatic rings. The summed E-state index contributed by atoms with van der Waals surface area (Å²) in [5.41, 5.74) is 3.67. The predicted octanol–water partition coefficient (Wildman–Crippen LogP) is 4.62. The first-order chi connectivity index (χ1) is 10.7. The van der Waals surface area contributed by atoms with Gasteiger partial charge in [0.1, 0.15) is 11.6 Å². The molecule has 0 radical (unpaired) electrons. The quantitative estimate of drug-likeness (QED) is 0.641. The standard InChI is InChI=1S/C19H17FN2/c1-3-5-12-22-18-11-6-14(4-2)13-17(18)21-19(22)15-7-9-16(20)10-8-15/h2,6-11,13H,3,5,12H2,1H3. The van der Waals surface area contributed by atoms with Gasteiger partial charge in [-0.3, -0.25) is 0 Å². The molecule has 110 valence electrons. The summed E-state index contributed by atoms with van der Waals surface area (Å²) in [5, 5.41) is 0. The third-order valence-corrected chi connectivity index (χ3v) is 3.75. The predicted molar refractivity (Wildman–Crippen MR) is 88.0 cm³/mol. The van der Waals surface area contributed by atoms with Crippen LogP contribution in [0.2, 0.25) is 0 Å². The van der Waals surface area contributed by atoms with Crippen LogP contribution in [-0.4, -0.2) is 9.55 Å². The van der Waals surface area contributed by atoms with Crippen molar-refractivity contribution in [3.8, 4) is 23.7 Å². The molecule has 0 saturated heterocycles. The SMILES string of the molecule is C#Cc1ccc2c(c1)nc(-c1ccc(F)cc1)n2CCCC. The maximum Gasteiger partial charge on any atom is 0.141 e. The number of terminal acetylenes is 1. The summed E-state index contributed by atoms with van der Waals surface area (Å²) in [5.74, 6) is 3.26. The monoisotopic (exact) mass is 292 g/mol. The number of imidazole rings is 1. The number of fused-ring (bicyclic) bond motifs is 1. The molecule has 0 atom stereocenters. The van der Waals surface area contributed by atoms with Gasteiger partial charge in [-0.1, -0.05) is 19.3 Å². The van der Waals surface area contributed by atoms with Crippen LogP contribution in [0.25, 0.3) is 22.4 Å². The van der Waals surface area contributed by atoms with E-state index in [1.807, 2.05) is 18.2 Å². The number of unbranched alkanes of at least 4 members (excludes halogenated alkanes) is 1. The largest absolute Gasteiger partial charge is 0.324 e. The van der Waals surface area contributed by atoms with Gasteiger partial charge in [0.15, 0.2) is 0 Å². The van der Waals surface area contributed by atoms with Gasteiger partial charge in [0.2, 0.25) is 0 Å². The van der Waals surface area contributed by atoms with Gasteiger partial charge in [-0.15, -0.1) is 6.42 Å². The fourth-order valence-electron chi connectivity index (χ4n) is 2.58. The molecule has 3 heteroatoms. The van der Waals surface area contributed by atoms with E-state index in [9.17, 15) is 4.39 Å². The minimum atomic E-state index is -0.241. The van der Waals surface area contributed by atoms with Crippen molar-refractivity contribution in [2.75, 3.05) is 0 Å². The molecule has 3 rings (SSSR count). The van der Waals surface area contributed by atoms with Crippen molar-refractivity contribution < 1.29 is 4.39 Å². The van der Waals surface area contributed by atoms with E-state index < -0.39 is 0 Å². The molecule has 0 aliphatic heterocycles. The van der Waals surface area contributed by atoms with Crippen molar-refractivity contribution in [2.24, 2.45) is 0 Å². The minimum absolute atomic E-state index is 0.241. The Labute approximate surface area is 129 Å². The Morgan fingerprint density at radius 3 is 2.64 bits per heavy atom. The highest BCUT2D eigenvalue weighted by atomic mass is 19.1. The van der Waals surface area contributed by atoms with Crippen LogP contribution in [0, 0.1) is 18.2 Å². The summed E-state index contributed by atoms with van der Waals surface area (Å²) < 4.78 is 15.3.